The molecule has 0 saturated carbocycles. The molecule has 0 saturated heterocycles. The van der Waals surface area contributed by atoms with E-state index >= 15 is 0 Å². The van der Waals surface area contributed by atoms with E-state index in [1.807, 2.05) is 103 Å². The number of ether oxygens (including phenoxy) is 1. The zero-order chi connectivity index (χ0) is 24.7. The molecule has 1 amide bonds. The highest BCUT2D eigenvalue weighted by Crippen LogP contribution is 2.57. The van der Waals surface area contributed by atoms with E-state index in [1.54, 1.807) is 12.1 Å². The minimum Gasteiger partial charge on any atom is -0.451 e. The number of amides is 1. The lowest BCUT2D eigenvalue weighted by atomic mass is 10.0. The number of hydrogen-bond acceptors (Lipinski definition) is 3. The fourth-order valence-electron chi connectivity index (χ4n) is 4.39. The Morgan fingerprint density at radius 1 is 0.829 bits per heavy atom. The Balaban J connectivity index is 2.04. The van der Waals surface area contributed by atoms with Crippen LogP contribution >= 0.6 is 18.7 Å². The molecule has 0 spiro atoms. The van der Waals surface area contributed by atoms with Gasteiger partial charge < -0.3 is 9.84 Å². The predicted octanol–water partition coefficient (Wildman–Crippen LogP) is 6.60. The number of benzene rings is 4. The van der Waals surface area contributed by atoms with Crippen LogP contribution in [0.2, 0.25) is 5.02 Å². The lowest BCUT2D eigenvalue weighted by molar-refractivity contribution is 0.171. The predicted molar refractivity (Wildman–Crippen MR) is 144 cm³/mol. The normalized spacial score (nSPS) is 13.0. The summed E-state index contributed by atoms with van der Waals surface area (Å²) in [4.78, 5) is 12.9. The van der Waals surface area contributed by atoms with Crippen molar-refractivity contribution in [2.45, 2.75) is 18.2 Å². The van der Waals surface area contributed by atoms with Crippen LogP contribution in [0, 0.1) is 0 Å². The third kappa shape index (κ3) is 5.57. The van der Waals surface area contributed by atoms with Gasteiger partial charge in [-0.15, -0.1) is 0 Å². The van der Waals surface area contributed by atoms with Crippen LogP contribution in [0.4, 0.5) is 4.79 Å². The fraction of sp³-hybridized carbons (Fsp3) is 0.138. The Labute approximate surface area is 211 Å². The minimum absolute atomic E-state index is 0.449. The van der Waals surface area contributed by atoms with Gasteiger partial charge in [0.05, 0.1) is 13.2 Å². The molecule has 0 aliphatic rings. The van der Waals surface area contributed by atoms with Gasteiger partial charge >= 0.3 is 6.09 Å². The van der Waals surface area contributed by atoms with Gasteiger partial charge in [0.25, 0.3) is 0 Å². The van der Waals surface area contributed by atoms with Gasteiger partial charge in [0.1, 0.15) is 0 Å². The Kier molecular flexibility index (Phi) is 8.20. The number of hydrogen-bond donors (Lipinski definition) is 1. The molecule has 4 aromatic carbocycles. The number of aliphatic hydroxyl groups is 1. The van der Waals surface area contributed by atoms with Gasteiger partial charge in [-0.2, -0.15) is 4.74 Å². The molecule has 4 nitrogen and oxygen atoms in total. The van der Waals surface area contributed by atoms with Crippen LogP contribution in [0.5, 0.6) is 0 Å². The van der Waals surface area contributed by atoms with Crippen LogP contribution in [-0.2, 0) is 11.2 Å². The number of carbonyl (C=O) groups excluding carboxylic acids is 1. The van der Waals surface area contributed by atoms with Crippen molar-refractivity contribution in [3.05, 3.63) is 131 Å². The molecule has 0 fully saturated rings. The molecular formula is C29H27ClNO3P. The number of methoxy groups -OCH3 is 1. The average Bonchev–Trinajstić information content (AvgIpc) is 2.92. The molecule has 0 aromatic heterocycles. The number of halogens is 1. The van der Waals surface area contributed by atoms with Crippen LogP contribution in [-0.4, -0.2) is 24.0 Å². The van der Waals surface area contributed by atoms with E-state index in [0.29, 0.717) is 17.0 Å². The maximum Gasteiger partial charge on any atom is 0.432 e. The Morgan fingerprint density at radius 2 is 1.31 bits per heavy atom. The maximum atomic E-state index is 12.9. The Bertz CT molecular complexity index is 1250. The van der Waals surface area contributed by atoms with Gasteiger partial charge in [0.15, 0.2) is 0 Å². The first-order valence-corrected chi connectivity index (χ1v) is 13.5. The molecule has 0 heterocycles. The summed E-state index contributed by atoms with van der Waals surface area (Å²) < 4.78 is 9.86. The van der Waals surface area contributed by atoms with Gasteiger partial charge in [-0.25, -0.2) is 4.79 Å². The van der Waals surface area contributed by atoms with Gasteiger partial charge in [0.2, 0.25) is 0 Å². The van der Waals surface area contributed by atoms with Gasteiger partial charge in [0, 0.05) is 17.7 Å². The second-order valence-corrected chi connectivity index (χ2v) is 11.9. The second-order valence-electron chi connectivity index (χ2n) is 8.18. The summed E-state index contributed by atoms with van der Waals surface area (Å²) in [6.07, 6.45) is -1.08. The van der Waals surface area contributed by atoms with Gasteiger partial charge in [-0.3, -0.25) is 0 Å². The second kappa shape index (κ2) is 11.5. The van der Waals surface area contributed by atoms with Crippen molar-refractivity contribution in [2.24, 2.45) is 4.74 Å². The summed E-state index contributed by atoms with van der Waals surface area (Å²) in [6.45, 7) is 0. The van der Waals surface area contributed by atoms with E-state index in [2.05, 4.69) is 0 Å². The van der Waals surface area contributed by atoms with Crippen molar-refractivity contribution in [3.63, 3.8) is 0 Å². The number of rotatable bonds is 7. The number of nitrogens with zero attached hydrogens (tertiary/aromatic N) is 1. The van der Waals surface area contributed by atoms with E-state index in [0.717, 1.165) is 16.2 Å². The molecule has 6 heteroatoms. The highest BCUT2D eigenvalue weighted by atomic mass is 35.5. The van der Waals surface area contributed by atoms with Crippen LogP contribution in [0.1, 0.15) is 17.2 Å². The van der Waals surface area contributed by atoms with E-state index in [4.69, 9.17) is 21.1 Å². The molecule has 2 atom stereocenters. The molecule has 4 aromatic rings. The molecule has 35 heavy (non-hydrogen) atoms. The fourth-order valence-corrected chi connectivity index (χ4v) is 8.61. The smallest absolute Gasteiger partial charge is 0.432 e. The summed E-state index contributed by atoms with van der Waals surface area (Å²) >= 11 is 6.14. The Hall–Kier alpha value is -3.17. The summed E-state index contributed by atoms with van der Waals surface area (Å²) in [7, 11) is -1.58. The zero-order valence-electron chi connectivity index (χ0n) is 19.4. The lowest BCUT2D eigenvalue weighted by Gasteiger charge is -2.37. The van der Waals surface area contributed by atoms with E-state index in [9.17, 15) is 9.90 Å². The Morgan fingerprint density at radius 3 is 1.80 bits per heavy atom. The molecular weight excluding hydrogens is 477 g/mol. The summed E-state index contributed by atoms with van der Waals surface area (Å²) in [5, 5.41) is 14.3. The van der Waals surface area contributed by atoms with Crippen molar-refractivity contribution in [2.75, 3.05) is 7.11 Å². The summed E-state index contributed by atoms with van der Waals surface area (Å²) in [5.74, 6) is 0. The third-order valence-corrected chi connectivity index (χ3v) is 10.4. The average molecular weight is 504 g/mol. The zero-order valence-corrected chi connectivity index (χ0v) is 21.0. The van der Waals surface area contributed by atoms with Crippen molar-refractivity contribution < 1.29 is 14.6 Å². The highest BCUT2D eigenvalue weighted by Gasteiger charge is 2.40. The standard InChI is InChI=1S/C29H27ClNO3P/c1-34-29(33)31-35(25-13-7-3-8-14-25,26-15-9-4-10-16-26)27(21-22-11-5-2-6-12-22)28(32)23-17-19-24(30)20-18-23/h2-20,27-28,32H,21H2,1H3/t27-,28+/m0/s1. The van der Waals surface area contributed by atoms with Crippen molar-refractivity contribution in [1.29, 1.82) is 0 Å². The first kappa shape index (κ1) is 24.9. The molecule has 1 N–H and O–H groups in total. The molecule has 178 valence electrons. The van der Waals surface area contributed by atoms with E-state index < -0.39 is 24.9 Å². The van der Waals surface area contributed by atoms with Gasteiger partial charge in [-0.05, 0) is 40.3 Å². The first-order valence-electron chi connectivity index (χ1n) is 11.3. The molecule has 0 bridgehead atoms. The van der Waals surface area contributed by atoms with Crippen LogP contribution < -0.4 is 10.6 Å². The van der Waals surface area contributed by atoms with Crippen LogP contribution in [0.25, 0.3) is 0 Å². The van der Waals surface area contributed by atoms with Crippen LogP contribution in [0.15, 0.2) is 120 Å². The first-order chi connectivity index (χ1) is 17.0. The lowest BCUT2D eigenvalue weighted by Crippen LogP contribution is -2.33. The summed E-state index contributed by atoms with van der Waals surface area (Å²) in [6, 6.07) is 36.7. The largest absolute Gasteiger partial charge is 0.451 e. The molecule has 0 unspecified atom stereocenters. The third-order valence-electron chi connectivity index (χ3n) is 6.06. The van der Waals surface area contributed by atoms with Crippen molar-refractivity contribution in [3.8, 4) is 0 Å². The van der Waals surface area contributed by atoms with Crippen molar-refractivity contribution in [1.82, 2.24) is 0 Å². The van der Waals surface area contributed by atoms with E-state index in [1.165, 1.54) is 7.11 Å². The molecule has 0 aliphatic heterocycles. The minimum atomic E-state index is -2.92. The number of aliphatic hydroxyl groups excluding tert-OH is 1. The summed E-state index contributed by atoms with van der Waals surface area (Å²) in [5.41, 5.74) is 1.31. The maximum absolute atomic E-state index is 12.9. The monoisotopic (exact) mass is 503 g/mol. The van der Waals surface area contributed by atoms with Gasteiger partial charge in [-0.1, -0.05) is 115 Å². The quantitative estimate of drug-likeness (QED) is 0.289. The van der Waals surface area contributed by atoms with Crippen LogP contribution in [0.3, 0.4) is 0 Å². The topological polar surface area (TPSA) is 58.9 Å². The SMILES string of the molecule is COC(=O)N=P(c1ccccc1)(c1ccccc1)[C@@H](Cc1ccccc1)[C@H](O)c1ccc(Cl)cc1. The molecule has 0 aliphatic carbocycles. The molecule has 0 radical (unpaired) electrons. The number of carbonyl (C=O) groups is 1. The highest BCUT2D eigenvalue weighted by molar-refractivity contribution is 7.81. The molecule has 4 rings (SSSR count). The van der Waals surface area contributed by atoms with E-state index in [-0.39, 0.29) is 0 Å². The van der Waals surface area contributed by atoms with Crippen molar-refractivity contribution >= 4 is 35.4 Å².